The van der Waals surface area contributed by atoms with Crippen LogP contribution in [0.2, 0.25) is 0 Å². The Labute approximate surface area is 187 Å². The summed E-state index contributed by atoms with van der Waals surface area (Å²) in [6, 6.07) is 9.87. The van der Waals surface area contributed by atoms with Crippen LogP contribution in [0, 0.1) is 23.2 Å². The lowest BCUT2D eigenvalue weighted by molar-refractivity contribution is -0.119. The van der Waals surface area contributed by atoms with Gasteiger partial charge >= 0.3 is 12.2 Å². The Morgan fingerprint density at radius 2 is 1.84 bits per heavy atom. The molecular weight excluding hydrogens is 412 g/mol. The first-order valence-electron chi connectivity index (χ1n) is 10.8. The molecular formula is C23H28N4O5. The molecule has 3 aliphatic rings. The molecule has 0 aromatic heterocycles. The van der Waals surface area contributed by atoms with Crippen LogP contribution < -0.4 is 10.2 Å². The first kappa shape index (κ1) is 21.9. The van der Waals surface area contributed by atoms with E-state index in [1.54, 1.807) is 4.90 Å². The fraction of sp³-hybridized carbons (Fsp3) is 0.565. The minimum absolute atomic E-state index is 0.0738. The Morgan fingerprint density at radius 1 is 1.22 bits per heavy atom. The van der Waals surface area contributed by atoms with Gasteiger partial charge in [-0.1, -0.05) is 12.1 Å². The first-order chi connectivity index (χ1) is 15.0. The number of nitriles is 1. The van der Waals surface area contributed by atoms with Crippen molar-refractivity contribution in [3.05, 3.63) is 29.8 Å². The van der Waals surface area contributed by atoms with Gasteiger partial charge in [0.25, 0.3) is 0 Å². The van der Waals surface area contributed by atoms with Crippen molar-refractivity contribution in [1.29, 1.82) is 5.26 Å². The van der Waals surface area contributed by atoms with E-state index in [1.807, 2.05) is 45.0 Å². The average Bonchev–Trinajstić information content (AvgIpc) is 3.02. The Morgan fingerprint density at radius 3 is 2.38 bits per heavy atom. The monoisotopic (exact) mass is 440 g/mol. The predicted octanol–water partition coefficient (Wildman–Crippen LogP) is 2.41. The van der Waals surface area contributed by atoms with Gasteiger partial charge in [0.05, 0.1) is 24.6 Å². The van der Waals surface area contributed by atoms with Crippen molar-refractivity contribution < 1.29 is 23.9 Å². The number of carbonyl (C=O) groups is 3. The van der Waals surface area contributed by atoms with Crippen molar-refractivity contribution in [2.24, 2.45) is 11.8 Å². The van der Waals surface area contributed by atoms with Crippen molar-refractivity contribution in [3.63, 3.8) is 0 Å². The van der Waals surface area contributed by atoms with Crippen molar-refractivity contribution in [2.45, 2.75) is 44.8 Å². The van der Waals surface area contributed by atoms with Crippen LogP contribution in [0.5, 0.6) is 0 Å². The standard InChI is InChI=1S/C23H28N4O5/c1-14(28)25-9-17-10-27(21(30)31-17)16-7-5-15(6-8-16)23(13-24)18-11-26(12-19(18)23)20(29)32-22(2,3)4/h5-8,17-19H,9-12H2,1-4H3,(H,25,28)/t17-,18-,19+,23?/m0/s1. The number of hydrogen-bond acceptors (Lipinski definition) is 6. The number of nitrogens with one attached hydrogen (secondary N) is 1. The molecule has 1 N–H and O–H groups in total. The molecule has 9 nitrogen and oxygen atoms in total. The number of cyclic esters (lactones) is 1. The number of anilines is 1. The zero-order valence-electron chi connectivity index (χ0n) is 18.8. The second kappa shape index (κ2) is 7.69. The van der Waals surface area contributed by atoms with E-state index in [9.17, 15) is 19.6 Å². The van der Waals surface area contributed by atoms with Crippen LogP contribution in [0.4, 0.5) is 15.3 Å². The third-order valence-corrected chi connectivity index (χ3v) is 6.33. The van der Waals surface area contributed by atoms with Crippen molar-refractivity contribution in [1.82, 2.24) is 10.2 Å². The molecule has 32 heavy (non-hydrogen) atoms. The van der Waals surface area contributed by atoms with Gasteiger partial charge in [0.15, 0.2) is 0 Å². The maximum Gasteiger partial charge on any atom is 0.414 e. The average molecular weight is 441 g/mol. The molecule has 0 radical (unpaired) electrons. The van der Waals surface area contributed by atoms with E-state index in [-0.39, 0.29) is 30.4 Å². The second-order valence-corrected chi connectivity index (χ2v) is 9.68. The highest BCUT2D eigenvalue weighted by molar-refractivity contribution is 5.90. The number of rotatable bonds is 4. The number of ether oxygens (including phenoxy) is 2. The summed E-state index contributed by atoms with van der Waals surface area (Å²) in [5, 5.41) is 12.6. The maximum atomic E-state index is 12.3. The van der Waals surface area contributed by atoms with Gasteiger partial charge in [-0.3, -0.25) is 9.69 Å². The van der Waals surface area contributed by atoms with Crippen molar-refractivity contribution in [3.8, 4) is 6.07 Å². The van der Waals surface area contributed by atoms with Crippen LogP contribution >= 0.6 is 0 Å². The van der Waals surface area contributed by atoms with E-state index in [0.29, 0.717) is 25.3 Å². The van der Waals surface area contributed by atoms with Gasteiger partial charge in [0.1, 0.15) is 11.7 Å². The lowest BCUT2D eigenvalue weighted by Crippen LogP contribution is -2.38. The Hall–Kier alpha value is -3.28. The molecule has 2 heterocycles. The number of hydrogen-bond donors (Lipinski definition) is 1. The molecule has 2 aliphatic heterocycles. The van der Waals surface area contributed by atoms with Gasteiger partial charge in [0, 0.05) is 37.5 Å². The summed E-state index contributed by atoms with van der Waals surface area (Å²) >= 11 is 0. The summed E-state index contributed by atoms with van der Waals surface area (Å²) in [6.45, 7) is 8.53. The van der Waals surface area contributed by atoms with Gasteiger partial charge in [-0.15, -0.1) is 0 Å². The maximum absolute atomic E-state index is 12.3. The van der Waals surface area contributed by atoms with Crippen LogP contribution in [-0.2, 0) is 19.7 Å². The number of carbonyl (C=O) groups excluding carboxylic acids is 3. The molecule has 3 amide bonds. The predicted molar refractivity (Wildman–Crippen MR) is 115 cm³/mol. The molecule has 1 aromatic rings. The SMILES string of the molecule is CC(=O)NC[C@H]1CN(c2ccc(C3(C#N)[C@@H]4CN(C(=O)OC(C)(C)C)C[C@@H]43)cc2)C(=O)O1. The Bertz CT molecular complexity index is 966. The number of nitrogens with zero attached hydrogens (tertiary/aromatic N) is 3. The molecule has 9 heteroatoms. The summed E-state index contributed by atoms with van der Waals surface area (Å²) < 4.78 is 10.8. The summed E-state index contributed by atoms with van der Waals surface area (Å²) in [5.41, 5.74) is 0.406. The minimum Gasteiger partial charge on any atom is -0.444 e. The molecule has 1 saturated carbocycles. The van der Waals surface area contributed by atoms with E-state index in [1.165, 1.54) is 11.8 Å². The molecule has 1 aromatic carbocycles. The number of amides is 3. The van der Waals surface area contributed by atoms with E-state index in [2.05, 4.69) is 11.4 Å². The van der Waals surface area contributed by atoms with Gasteiger partial charge in [-0.2, -0.15) is 5.26 Å². The topological polar surface area (TPSA) is 112 Å². The largest absolute Gasteiger partial charge is 0.444 e. The summed E-state index contributed by atoms with van der Waals surface area (Å²) in [4.78, 5) is 38.9. The van der Waals surface area contributed by atoms with Gasteiger partial charge in [-0.05, 0) is 38.5 Å². The highest BCUT2D eigenvalue weighted by Crippen LogP contribution is 2.63. The van der Waals surface area contributed by atoms with Crippen LogP contribution in [-0.4, -0.2) is 60.9 Å². The zero-order chi connectivity index (χ0) is 23.3. The fourth-order valence-corrected chi connectivity index (χ4v) is 4.78. The van der Waals surface area contributed by atoms with Gasteiger partial charge in [-0.25, -0.2) is 9.59 Å². The molecule has 170 valence electrons. The van der Waals surface area contributed by atoms with Crippen LogP contribution in [0.25, 0.3) is 0 Å². The molecule has 1 aliphatic carbocycles. The van der Waals surface area contributed by atoms with Crippen LogP contribution in [0.1, 0.15) is 33.3 Å². The van der Waals surface area contributed by atoms with Gasteiger partial charge < -0.3 is 19.7 Å². The van der Waals surface area contributed by atoms with Gasteiger partial charge in [0.2, 0.25) is 5.91 Å². The minimum atomic E-state index is -0.615. The molecule has 4 rings (SSSR count). The van der Waals surface area contributed by atoms with Crippen molar-refractivity contribution in [2.75, 3.05) is 31.1 Å². The molecule has 2 saturated heterocycles. The number of benzene rings is 1. The Balaban J connectivity index is 1.41. The molecule has 1 unspecified atom stereocenters. The lowest BCUT2D eigenvalue weighted by Gasteiger charge is -2.27. The highest BCUT2D eigenvalue weighted by Gasteiger charge is 2.70. The summed E-state index contributed by atoms with van der Waals surface area (Å²) in [5.74, 6) is -0.0276. The fourth-order valence-electron chi connectivity index (χ4n) is 4.78. The summed E-state index contributed by atoms with van der Waals surface area (Å²) in [6.07, 6.45) is -1.20. The number of likely N-dealkylation sites (tertiary alicyclic amines) is 1. The van der Waals surface area contributed by atoms with E-state index in [0.717, 1.165) is 5.56 Å². The molecule has 3 fully saturated rings. The van der Waals surface area contributed by atoms with E-state index < -0.39 is 23.2 Å². The Kier molecular flexibility index (Phi) is 5.27. The first-order valence-corrected chi connectivity index (χ1v) is 10.8. The van der Waals surface area contributed by atoms with E-state index in [4.69, 9.17) is 9.47 Å². The third-order valence-electron chi connectivity index (χ3n) is 6.33. The normalized spacial score (nSPS) is 28.6. The van der Waals surface area contributed by atoms with Crippen LogP contribution in [0.3, 0.4) is 0 Å². The third kappa shape index (κ3) is 3.85. The molecule has 4 atom stereocenters. The second-order valence-electron chi connectivity index (χ2n) is 9.68. The quantitative estimate of drug-likeness (QED) is 0.770. The number of piperidine rings is 1. The van der Waals surface area contributed by atoms with Crippen LogP contribution in [0.15, 0.2) is 24.3 Å². The smallest absolute Gasteiger partial charge is 0.414 e. The van der Waals surface area contributed by atoms with E-state index >= 15 is 0 Å². The lowest BCUT2D eigenvalue weighted by atomic mass is 9.91. The highest BCUT2D eigenvalue weighted by atomic mass is 16.6. The van der Waals surface area contributed by atoms with Crippen molar-refractivity contribution >= 4 is 23.8 Å². The summed E-state index contributed by atoms with van der Waals surface area (Å²) in [7, 11) is 0. The number of fused-ring (bicyclic) bond motifs is 1. The zero-order valence-corrected chi connectivity index (χ0v) is 18.8. The molecule has 0 spiro atoms. The molecule has 0 bridgehead atoms.